The van der Waals surface area contributed by atoms with E-state index in [1.165, 1.54) is 0 Å². The van der Waals surface area contributed by atoms with Crippen LogP contribution in [0.2, 0.25) is 0 Å². The van der Waals surface area contributed by atoms with Crippen LogP contribution in [-0.4, -0.2) is 35.8 Å². The summed E-state index contributed by atoms with van der Waals surface area (Å²) in [5.74, 6) is -0.0968. The average Bonchev–Trinajstić information content (AvgIpc) is 2.54. The van der Waals surface area contributed by atoms with Gasteiger partial charge in [-0.25, -0.2) is 0 Å². The SMILES string of the molecule is CCCC(C)NC(=O)C1CCCN(C(=O)c2cccc(N)c2)C1.Cl. The van der Waals surface area contributed by atoms with E-state index in [9.17, 15) is 9.59 Å². The predicted molar refractivity (Wildman–Crippen MR) is 99.2 cm³/mol. The smallest absolute Gasteiger partial charge is 0.253 e. The monoisotopic (exact) mass is 353 g/mol. The van der Waals surface area contributed by atoms with Crippen molar-refractivity contribution in [2.75, 3.05) is 18.8 Å². The molecule has 1 aromatic rings. The molecule has 1 saturated heterocycles. The van der Waals surface area contributed by atoms with Crippen LogP contribution in [0.25, 0.3) is 0 Å². The maximum atomic E-state index is 12.6. The van der Waals surface area contributed by atoms with Gasteiger partial charge >= 0.3 is 0 Å². The third-order valence-electron chi connectivity index (χ3n) is 4.32. The van der Waals surface area contributed by atoms with Gasteiger partial charge in [0.25, 0.3) is 5.91 Å². The number of hydrogen-bond donors (Lipinski definition) is 2. The zero-order valence-electron chi connectivity index (χ0n) is 14.5. The van der Waals surface area contributed by atoms with Crippen LogP contribution >= 0.6 is 12.4 Å². The Kier molecular flexibility index (Phi) is 8.05. The van der Waals surface area contributed by atoms with Crippen LogP contribution in [-0.2, 0) is 4.79 Å². The molecular formula is C18H28ClN3O2. The topological polar surface area (TPSA) is 75.4 Å². The summed E-state index contributed by atoms with van der Waals surface area (Å²) in [6.07, 6.45) is 3.72. The molecule has 2 unspecified atom stereocenters. The second-order valence-corrected chi connectivity index (χ2v) is 6.41. The van der Waals surface area contributed by atoms with Crippen molar-refractivity contribution in [3.63, 3.8) is 0 Å². The third-order valence-corrected chi connectivity index (χ3v) is 4.32. The van der Waals surface area contributed by atoms with E-state index in [2.05, 4.69) is 12.2 Å². The number of halogens is 1. The first-order valence-corrected chi connectivity index (χ1v) is 8.46. The molecule has 1 fully saturated rings. The highest BCUT2D eigenvalue weighted by Crippen LogP contribution is 2.20. The van der Waals surface area contributed by atoms with Crippen molar-refractivity contribution >= 4 is 29.9 Å². The van der Waals surface area contributed by atoms with E-state index < -0.39 is 0 Å². The molecule has 2 rings (SSSR count). The van der Waals surface area contributed by atoms with Crippen LogP contribution in [0, 0.1) is 5.92 Å². The van der Waals surface area contributed by atoms with E-state index in [1.807, 2.05) is 6.92 Å². The molecule has 0 saturated carbocycles. The molecule has 1 heterocycles. The number of piperidine rings is 1. The Morgan fingerprint density at radius 2 is 2.17 bits per heavy atom. The van der Waals surface area contributed by atoms with Gasteiger partial charge in [-0.05, 0) is 44.4 Å². The molecule has 134 valence electrons. The first-order valence-electron chi connectivity index (χ1n) is 8.46. The lowest BCUT2D eigenvalue weighted by Crippen LogP contribution is -2.47. The number of nitrogens with one attached hydrogen (secondary N) is 1. The standard InChI is InChI=1S/C18H27N3O2.ClH/c1-3-6-13(2)20-17(22)15-8-5-10-21(12-15)18(23)14-7-4-9-16(19)11-14;/h4,7,9,11,13,15H,3,5-6,8,10,12,19H2,1-2H3,(H,20,22);1H. The summed E-state index contributed by atoms with van der Waals surface area (Å²) in [6, 6.07) is 7.19. The van der Waals surface area contributed by atoms with Crippen molar-refractivity contribution < 1.29 is 9.59 Å². The van der Waals surface area contributed by atoms with Gasteiger partial charge in [-0.15, -0.1) is 12.4 Å². The number of carbonyl (C=O) groups excluding carboxylic acids is 2. The van der Waals surface area contributed by atoms with Gasteiger partial charge in [-0.3, -0.25) is 9.59 Å². The van der Waals surface area contributed by atoms with E-state index in [-0.39, 0.29) is 36.2 Å². The normalized spacial score (nSPS) is 18.4. The number of benzene rings is 1. The minimum atomic E-state index is -0.118. The Labute approximate surface area is 150 Å². The Balaban J connectivity index is 0.00000288. The van der Waals surface area contributed by atoms with Crippen molar-refractivity contribution in [3.8, 4) is 0 Å². The van der Waals surface area contributed by atoms with Gasteiger partial charge in [-0.2, -0.15) is 0 Å². The maximum Gasteiger partial charge on any atom is 0.253 e. The van der Waals surface area contributed by atoms with E-state index in [0.717, 1.165) is 25.7 Å². The van der Waals surface area contributed by atoms with Crippen LogP contribution in [0.15, 0.2) is 24.3 Å². The van der Waals surface area contributed by atoms with Crippen LogP contribution in [0.4, 0.5) is 5.69 Å². The second kappa shape index (κ2) is 9.52. The first-order chi connectivity index (χ1) is 11.0. The molecule has 0 aliphatic carbocycles. The number of anilines is 1. The Hall–Kier alpha value is -1.75. The van der Waals surface area contributed by atoms with Crippen LogP contribution in [0.3, 0.4) is 0 Å². The first kappa shape index (κ1) is 20.3. The minimum absolute atomic E-state index is 0. The van der Waals surface area contributed by atoms with Crippen LogP contribution in [0.1, 0.15) is 49.9 Å². The van der Waals surface area contributed by atoms with Gasteiger partial charge < -0.3 is 16.0 Å². The quantitative estimate of drug-likeness (QED) is 0.799. The molecule has 2 amide bonds. The number of carbonyl (C=O) groups is 2. The Bertz CT molecular complexity index is 565. The fourth-order valence-electron chi connectivity index (χ4n) is 3.10. The zero-order valence-corrected chi connectivity index (χ0v) is 15.3. The molecule has 0 spiro atoms. The Morgan fingerprint density at radius 3 is 2.83 bits per heavy atom. The molecule has 1 aromatic carbocycles. The molecule has 6 heteroatoms. The molecule has 1 aliphatic heterocycles. The summed E-state index contributed by atoms with van der Waals surface area (Å²) in [6.45, 7) is 5.31. The van der Waals surface area contributed by atoms with E-state index in [4.69, 9.17) is 5.73 Å². The van der Waals surface area contributed by atoms with Gasteiger partial charge in [-0.1, -0.05) is 19.4 Å². The van der Waals surface area contributed by atoms with E-state index >= 15 is 0 Å². The summed E-state index contributed by atoms with van der Waals surface area (Å²) in [4.78, 5) is 26.7. The molecule has 0 radical (unpaired) electrons. The fraction of sp³-hybridized carbons (Fsp3) is 0.556. The second-order valence-electron chi connectivity index (χ2n) is 6.41. The van der Waals surface area contributed by atoms with Crippen molar-refractivity contribution in [1.29, 1.82) is 0 Å². The lowest BCUT2D eigenvalue weighted by molar-refractivity contribution is -0.127. The number of nitrogens with zero attached hydrogens (tertiary/aromatic N) is 1. The molecule has 3 N–H and O–H groups in total. The predicted octanol–water partition coefficient (Wildman–Crippen LogP) is 2.85. The number of rotatable bonds is 5. The highest BCUT2D eigenvalue weighted by molar-refractivity contribution is 5.95. The molecule has 0 bridgehead atoms. The highest BCUT2D eigenvalue weighted by Gasteiger charge is 2.29. The van der Waals surface area contributed by atoms with Gasteiger partial charge in [0.1, 0.15) is 0 Å². The fourth-order valence-corrected chi connectivity index (χ4v) is 3.10. The largest absolute Gasteiger partial charge is 0.399 e. The van der Waals surface area contributed by atoms with E-state index in [0.29, 0.717) is 24.3 Å². The van der Waals surface area contributed by atoms with Crippen molar-refractivity contribution in [1.82, 2.24) is 10.2 Å². The summed E-state index contributed by atoms with van der Waals surface area (Å²) in [5.41, 5.74) is 6.92. The lowest BCUT2D eigenvalue weighted by atomic mass is 9.96. The van der Waals surface area contributed by atoms with Gasteiger partial charge in [0.15, 0.2) is 0 Å². The summed E-state index contributed by atoms with van der Waals surface area (Å²) in [5, 5.41) is 3.06. The van der Waals surface area contributed by atoms with Crippen molar-refractivity contribution in [3.05, 3.63) is 29.8 Å². The summed E-state index contributed by atoms with van der Waals surface area (Å²) < 4.78 is 0. The lowest BCUT2D eigenvalue weighted by Gasteiger charge is -2.32. The third kappa shape index (κ3) is 5.41. The number of nitrogens with two attached hydrogens (primary N) is 1. The average molecular weight is 354 g/mol. The molecule has 24 heavy (non-hydrogen) atoms. The molecule has 1 aliphatic rings. The zero-order chi connectivity index (χ0) is 16.8. The minimum Gasteiger partial charge on any atom is -0.399 e. The molecule has 5 nitrogen and oxygen atoms in total. The number of amides is 2. The maximum absolute atomic E-state index is 12.6. The van der Waals surface area contributed by atoms with Gasteiger partial charge in [0.05, 0.1) is 5.92 Å². The van der Waals surface area contributed by atoms with Gasteiger partial charge in [0.2, 0.25) is 5.91 Å². The number of nitrogen functional groups attached to an aromatic ring is 1. The molecular weight excluding hydrogens is 326 g/mol. The molecule has 0 aromatic heterocycles. The van der Waals surface area contributed by atoms with Gasteiger partial charge in [0, 0.05) is 30.4 Å². The number of likely N-dealkylation sites (tertiary alicyclic amines) is 1. The molecule has 2 atom stereocenters. The van der Waals surface area contributed by atoms with Crippen LogP contribution in [0.5, 0.6) is 0 Å². The van der Waals surface area contributed by atoms with Crippen molar-refractivity contribution in [2.24, 2.45) is 5.92 Å². The highest BCUT2D eigenvalue weighted by atomic mass is 35.5. The van der Waals surface area contributed by atoms with Crippen LogP contribution < -0.4 is 11.1 Å². The Morgan fingerprint density at radius 1 is 1.42 bits per heavy atom. The number of hydrogen-bond acceptors (Lipinski definition) is 3. The van der Waals surface area contributed by atoms with Crippen molar-refractivity contribution in [2.45, 2.75) is 45.6 Å². The summed E-state index contributed by atoms with van der Waals surface area (Å²) in [7, 11) is 0. The van der Waals surface area contributed by atoms with E-state index in [1.54, 1.807) is 29.2 Å². The summed E-state index contributed by atoms with van der Waals surface area (Å²) >= 11 is 0.